The third-order valence-electron chi connectivity index (χ3n) is 5.49. The molecule has 4 rings (SSSR count). The van der Waals surface area contributed by atoms with Gasteiger partial charge in [0.05, 0.1) is 12.1 Å². The van der Waals surface area contributed by atoms with E-state index in [4.69, 9.17) is 4.74 Å². The summed E-state index contributed by atoms with van der Waals surface area (Å²) in [4.78, 5) is 13.4. The summed E-state index contributed by atoms with van der Waals surface area (Å²) in [5.41, 5.74) is 0. The molecule has 1 saturated heterocycles. The molecule has 3 heterocycles. The van der Waals surface area contributed by atoms with Gasteiger partial charge in [-0.05, 0) is 36.8 Å². The highest BCUT2D eigenvalue weighted by Crippen LogP contribution is 2.40. The van der Waals surface area contributed by atoms with Crippen LogP contribution in [0.25, 0.3) is 0 Å². The van der Waals surface area contributed by atoms with Gasteiger partial charge in [-0.3, -0.25) is 0 Å². The summed E-state index contributed by atoms with van der Waals surface area (Å²) < 4.78 is 10.3. The van der Waals surface area contributed by atoms with E-state index in [1.165, 1.54) is 11.5 Å². The van der Waals surface area contributed by atoms with Gasteiger partial charge >= 0.3 is 0 Å². The summed E-state index contributed by atoms with van der Waals surface area (Å²) in [6.45, 7) is 2.09. The van der Waals surface area contributed by atoms with Crippen molar-refractivity contribution in [3.8, 4) is 0 Å². The number of anilines is 3. The van der Waals surface area contributed by atoms with E-state index in [0.29, 0.717) is 17.9 Å². The molecule has 0 radical (unpaired) electrons. The fourth-order valence-electron chi connectivity index (χ4n) is 4.14. The summed E-state index contributed by atoms with van der Waals surface area (Å²) in [6, 6.07) is 6.26. The van der Waals surface area contributed by atoms with Gasteiger partial charge in [0.25, 0.3) is 0 Å². The Balaban J connectivity index is 1.45. The van der Waals surface area contributed by atoms with E-state index >= 15 is 0 Å². The first-order valence-corrected chi connectivity index (χ1v) is 9.87. The number of ether oxygens (including phenoxy) is 1. The van der Waals surface area contributed by atoms with Crippen molar-refractivity contribution in [1.29, 1.82) is 0 Å². The van der Waals surface area contributed by atoms with E-state index < -0.39 is 0 Å². The zero-order chi connectivity index (χ0) is 18.1. The predicted octanol–water partition coefficient (Wildman–Crippen LogP) is 2.34. The smallest absolute Gasteiger partial charge is 0.238 e. The van der Waals surface area contributed by atoms with Crippen molar-refractivity contribution in [2.75, 3.05) is 49.4 Å². The SMILES string of the molecule is CO[C@@H]1C[C@H]2CN(c3nc(N(C)C)ns3)C[C@H]2C[C@H]1Nc1ccccn1. The van der Waals surface area contributed by atoms with Crippen LogP contribution in [0.1, 0.15) is 12.8 Å². The number of pyridine rings is 1. The van der Waals surface area contributed by atoms with Crippen molar-refractivity contribution < 1.29 is 4.74 Å². The first-order valence-electron chi connectivity index (χ1n) is 9.10. The highest BCUT2D eigenvalue weighted by molar-refractivity contribution is 7.09. The number of aromatic nitrogens is 3. The number of nitrogens with one attached hydrogen (secondary N) is 1. The molecular formula is C18H26N6OS. The maximum atomic E-state index is 5.82. The second-order valence-corrected chi connectivity index (χ2v) is 8.14. The van der Waals surface area contributed by atoms with Crippen LogP contribution in [0.3, 0.4) is 0 Å². The Hall–Kier alpha value is -1.93. The number of methoxy groups -OCH3 is 1. The average molecular weight is 375 g/mol. The van der Waals surface area contributed by atoms with Gasteiger partial charge < -0.3 is 19.9 Å². The number of rotatable bonds is 5. The molecule has 26 heavy (non-hydrogen) atoms. The van der Waals surface area contributed by atoms with E-state index in [9.17, 15) is 0 Å². The molecule has 0 bridgehead atoms. The third-order valence-corrected chi connectivity index (χ3v) is 6.26. The Kier molecular flexibility index (Phi) is 4.95. The van der Waals surface area contributed by atoms with Crippen LogP contribution in [-0.4, -0.2) is 60.8 Å². The number of fused-ring (bicyclic) bond motifs is 1. The van der Waals surface area contributed by atoms with Crippen LogP contribution in [0.5, 0.6) is 0 Å². The van der Waals surface area contributed by atoms with Gasteiger partial charge in [0, 0.05) is 52.0 Å². The molecule has 1 aliphatic heterocycles. The molecule has 0 amide bonds. The van der Waals surface area contributed by atoms with Crippen LogP contribution in [0, 0.1) is 11.8 Å². The minimum atomic E-state index is 0.213. The topological polar surface area (TPSA) is 66.4 Å². The largest absolute Gasteiger partial charge is 0.379 e. The molecule has 1 aliphatic carbocycles. The number of nitrogens with zero attached hydrogens (tertiary/aromatic N) is 5. The van der Waals surface area contributed by atoms with Crippen molar-refractivity contribution in [3.63, 3.8) is 0 Å². The molecule has 0 unspecified atom stereocenters. The van der Waals surface area contributed by atoms with Gasteiger partial charge in [-0.1, -0.05) is 6.07 Å². The van der Waals surface area contributed by atoms with E-state index in [0.717, 1.165) is 42.8 Å². The number of hydrogen-bond donors (Lipinski definition) is 1. The van der Waals surface area contributed by atoms with Gasteiger partial charge in [-0.15, -0.1) is 0 Å². The highest BCUT2D eigenvalue weighted by atomic mass is 32.1. The van der Waals surface area contributed by atoms with Gasteiger partial charge in [0.2, 0.25) is 11.1 Å². The van der Waals surface area contributed by atoms with Crippen LogP contribution in [-0.2, 0) is 4.74 Å². The first-order chi connectivity index (χ1) is 12.6. The lowest BCUT2D eigenvalue weighted by molar-refractivity contribution is 0.0305. The van der Waals surface area contributed by atoms with Crippen molar-refractivity contribution in [2.45, 2.75) is 25.0 Å². The molecule has 2 aromatic heterocycles. The van der Waals surface area contributed by atoms with Crippen LogP contribution in [0.15, 0.2) is 24.4 Å². The van der Waals surface area contributed by atoms with Gasteiger partial charge in [-0.2, -0.15) is 9.36 Å². The Labute approximate surface area is 158 Å². The van der Waals surface area contributed by atoms with Gasteiger partial charge in [-0.25, -0.2) is 4.98 Å². The lowest BCUT2D eigenvalue weighted by Gasteiger charge is -2.37. The molecule has 2 aliphatic rings. The zero-order valence-corrected chi connectivity index (χ0v) is 16.3. The lowest BCUT2D eigenvalue weighted by Crippen LogP contribution is -2.44. The molecular weight excluding hydrogens is 348 g/mol. The average Bonchev–Trinajstić information content (AvgIpc) is 3.28. The first kappa shape index (κ1) is 17.5. The third kappa shape index (κ3) is 3.48. The van der Waals surface area contributed by atoms with E-state index in [-0.39, 0.29) is 6.10 Å². The highest BCUT2D eigenvalue weighted by Gasteiger charge is 2.43. The van der Waals surface area contributed by atoms with Crippen molar-refractivity contribution in [3.05, 3.63) is 24.4 Å². The fourth-order valence-corrected chi connectivity index (χ4v) is 4.89. The quantitative estimate of drug-likeness (QED) is 0.862. The molecule has 140 valence electrons. The second-order valence-electron chi connectivity index (χ2n) is 7.41. The fraction of sp³-hybridized carbons (Fsp3) is 0.611. The van der Waals surface area contributed by atoms with Crippen LogP contribution in [0.2, 0.25) is 0 Å². The lowest BCUT2D eigenvalue weighted by atomic mass is 9.77. The van der Waals surface area contributed by atoms with Crippen LogP contribution in [0.4, 0.5) is 16.9 Å². The molecule has 1 N–H and O–H groups in total. The zero-order valence-electron chi connectivity index (χ0n) is 15.5. The van der Waals surface area contributed by atoms with E-state index in [2.05, 4.69) is 24.6 Å². The van der Waals surface area contributed by atoms with Crippen molar-refractivity contribution in [2.24, 2.45) is 11.8 Å². The normalized spacial score (nSPS) is 28.0. The Bertz CT molecular complexity index is 723. The van der Waals surface area contributed by atoms with Crippen LogP contribution >= 0.6 is 11.5 Å². The maximum absolute atomic E-state index is 5.82. The summed E-state index contributed by atoms with van der Waals surface area (Å²) in [5, 5.41) is 4.62. The maximum Gasteiger partial charge on any atom is 0.238 e. The summed E-state index contributed by atoms with van der Waals surface area (Å²) >= 11 is 1.50. The van der Waals surface area contributed by atoms with E-state index in [1.54, 1.807) is 0 Å². The van der Waals surface area contributed by atoms with E-state index in [1.807, 2.05) is 50.5 Å². The van der Waals surface area contributed by atoms with Gasteiger partial charge in [0.1, 0.15) is 5.82 Å². The minimum Gasteiger partial charge on any atom is -0.379 e. The Morgan fingerprint density at radius 1 is 1.23 bits per heavy atom. The second kappa shape index (κ2) is 7.36. The molecule has 1 saturated carbocycles. The molecule has 8 heteroatoms. The monoisotopic (exact) mass is 374 g/mol. The van der Waals surface area contributed by atoms with Gasteiger partial charge in [0.15, 0.2) is 0 Å². The number of hydrogen-bond acceptors (Lipinski definition) is 8. The molecule has 4 atom stereocenters. The molecule has 2 fully saturated rings. The molecule has 2 aromatic rings. The molecule has 0 spiro atoms. The summed E-state index contributed by atoms with van der Waals surface area (Å²) in [7, 11) is 5.78. The Morgan fingerprint density at radius 3 is 2.69 bits per heavy atom. The molecule has 0 aromatic carbocycles. The summed E-state index contributed by atoms with van der Waals surface area (Å²) in [5.74, 6) is 3.01. The summed E-state index contributed by atoms with van der Waals surface area (Å²) in [6.07, 6.45) is 4.20. The van der Waals surface area contributed by atoms with Crippen molar-refractivity contribution >= 4 is 28.4 Å². The van der Waals surface area contributed by atoms with Crippen molar-refractivity contribution in [1.82, 2.24) is 14.3 Å². The predicted molar refractivity (Wildman–Crippen MR) is 105 cm³/mol. The standard InChI is InChI=1S/C18H26N6OS/c1-23(2)17-21-18(26-22-17)24-10-12-8-14(15(25-3)9-13(12)11-24)20-16-6-4-5-7-19-16/h4-7,12-15H,8-11H2,1-3H3,(H,19,20)/t12-,13+,14-,15-/m1/s1. The minimum absolute atomic E-state index is 0.213. The Morgan fingerprint density at radius 2 is 2.04 bits per heavy atom. The molecule has 7 nitrogen and oxygen atoms in total. The van der Waals surface area contributed by atoms with Crippen LogP contribution < -0.4 is 15.1 Å².